The summed E-state index contributed by atoms with van der Waals surface area (Å²) in [6, 6.07) is 9.02. The SMILES string of the molecule is Cc1cc(-c2ccc(OCCOCCOCCOS)cc2S)cc(C(=O)OS)n1. The molecule has 29 heavy (non-hydrogen) atoms. The fourth-order valence-corrected chi connectivity index (χ4v) is 2.96. The van der Waals surface area contributed by atoms with Crippen molar-refractivity contribution >= 4 is 44.4 Å². The Hall–Kier alpha value is -1.43. The summed E-state index contributed by atoms with van der Waals surface area (Å²) in [5, 5.41) is 0. The monoisotopic (exact) mass is 457 g/mol. The predicted molar refractivity (Wildman–Crippen MR) is 118 cm³/mol. The molecular formula is C19H23NO6S3. The molecule has 2 rings (SSSR count). The van der Waals surface area contributed by atoms with Crippen LogP contribution in [0.25, 0.3) is 11.1 Å². The molecule has 0 atom stereocenters. The molecule has 0 saturated carbocycles. The number of rotatable bonds is 12. The van der Waals surface area contributed by atoms with Gasteiger partial charge in [-0.25, -0.2) is 9.78 Å². The summed E-state index contributed by atoms with van der Waals surface area (Å²) in [6.45, 7) is 4.52. The summed E-state index contributed by atoms with van der Waals surface area (Å²) in [7, 11) is 0. The Balaban J connectivity index is 1.87. The Morgan fingerprint density at radius 1 is 0.966 bits per heavy atom. The van der Waals surface area contributed by atoms with E-state index in [1.807, 2.05) is 24.3 Å². The maximum atomic E-state index is 11.7. The maximum Gasteiger partial charge on any atom is 0.368 e. The quantitative estimate of drug-likeness (QED) is 0.255. The highest BCUT2D eigenvalue weighted by atomic mass is 32.1. The van der Waals surface area contributed by atoms with Crippen LogP contribution in [0.1, 0.15) is 16.2 Å². The van der Waals surface area contributed by atoms with E-state index >= 15 is 0 Å². The highest BCUT2D eigenvalue weighted by Crippen LogP contribution is 2.31. The topological polar surface area (TPSA) is 76.1 Å². The minimum Gasteiger partial charge on any atom is -0.491 e. The molecular weight excluding hydrogens is 434 g/mol. The Bertz CT molecular complexity index is 806. The summed E-state index contributed by atoms with van der Waals surface area (Å²) < 4.78 is 25.4. The summed E-state index contributed by atoms with van der Waals surface area (Å²) in [6.07, 6.45) is 0. The van der Waals surface area contributed by atoms with Gasteiger partial charge in [-0.05, 0) is 61.3 Å². The number of carbonyl (C=O) groups excluding carboxylic acids is 1. The Morgan fingerprint density at radius 3 is 2.31 bits per heavy atom. The third-order valence-electron chi connectivity index (χ3n) is 3.71. The van der Waals surface area contributed by atoms with Gasteiger partial charge in [0, 0.05) is 23.5 Å². The van der Waals surface area contributed by atoms with Gasteiger partial charge < -0.3 is 22.6 Å². The smallest absolute Gasteiger partial charge is 0.368 e. The number of hydrogen-bond acceptors (Lipinski definition) is 10. The second-order valence-electron chi connectivity index (χ2n) is 5.85. The van der Waals surface area contributed by atoms with Gasteiger partial charge in [0.2, 0.25) is 0 Å². The lowest BCUT2D eigenvalue weighted by Crippen LogP contribution is -2.12. The van der Waals surface area contributed by atoms with Gasteiger partial charge in [0.15, 0.2) is 0 Å². The zero-order valence-electron chi connectivity index (χ0n) is 15.9. The lowest BCUT2D eigenvalue weighted by atomic mass is 10.0. The molecule has 1 heterocycles. The van der Waals surface area contributed by atoms with Crippen LogP contribution in [0.5, 0.6) is 5.75 Å². The molecule has 10 heteroatoms. The number of ether oxygens (including phenoxy) is 3. The van der Waals surface area contributed by atoms with E-state index in [4.69, 9.17) is 14.2 Å². The maximum absolute atomic E-state index is 11.7. The molecule has 0 aliphatic heterocycles. The van der Waals surface area contributed by atoms with Crippen molar-refractivity contribution in [2.24, 2.45) is 0 Å². The average Bonchev–Trinajstić information content (AvgIpc) is 2.71. The molecule has 0 N–H and O–H groups in total. The molecule has 0 radical (unpaired) electrons. The van der Waals surface area contributed by atoms with Crippen molar-refractivity contribution in [2.45, 2.75) is 11.8 Å². The average molecular weight is 458 g/mol. The first-order chi connectivity index (χ1) is 14.0. The number of thiol groups is 3. The van der Waals surface area contributed by atoms with Crippen molar-refractivity contribution in [1.29, 1.82) is 0 Å². The van der Waals surface area contributed by atoms with Crippen molar-refractivity contribution in [3.05, 3.63) is 41.7 Å². The van der Waals surface area contributed by atoms with Crippen LogP contribution in [0.4, 0.5) is 0 Å². The third kappa shape index (κ3) is 8.07. The van der Waals surface area contributed by atoms with Gasteiger partial charge in [0.05, 0.1) is 33.0 Å². The van der Waals surface area contributed by atoms with Gasteiger partial charge in [-0.1, -0.05) is 0 Å². The summed E-state index contributed by atoms with van der Waals surface area (Å²) in [5.41, 5.74) is 2.51. The summed E-state index contributed by atoms with van der Waals surface area (Å²) >= 11 is 11.7. The normalized spacial score (nSPS) is 10.8. The second-order valence-corrected chi connectivity index (χ2v) is 6.77. The molecule has 7 nitrogen and oxygen atoms in total. The first-order valence-electron chi connectivity index (χ1n) is 8.77. The van der Waals surface area contributed by atoms with Crippen LogP contribution in [0.2, 0.25) is 0 Å². The molecule has 0 spiro atoms. The number of benzene rings is 1. The van der Waals surface area contributed by atoms with Crippen LogP contribution >= 0.6 is 38.4 Å². The van der Waals surface area contributed by atoms with Crippen molar-refractivity contribution in [3.8, 4) is 16.9 Å². The molecule has 2 aromatic rings. The molecule has 0 aliphatic carbocycles. The van der Waals surface area contributed by atoms with E-state index in [1.54, 1.807) is 13.0 Å². The van der Waals surface area contributed by atoms with Gasteiger partial charge in [-0.2, -0.15) is 0 Å². The highest BCUT2D eigenvalue weighted by molar-refractivity contribution is 7.80. The number of nitrogens with zero attached hydrogens (tertiary/aromatic N) is 1. The fourth-order valence-electron chi connectivity index (χ4n) is 2.46. The standard InChI is InChI=1S/C19H23NO6S3/c1-13-10-14(11-17(20-13)19(21)26-29)16-3-2-15(12-18(16)27)24-8-6-22-4-5-23-7-9-25-28/h2-3,10-12,27-29H,4-9H2,1H3. The van der Waals surface area contributed by atoms with Crippen molar-refractivity contribution in [3.63, 3.8) is 0 Å². The fraction of sp³-hybridized carbons (Fsp3) is 0.368. The molecule has 158 valence electrons. The molecule has 0 fully saturated rings. The lowest BCUT2D eigenvalue weighted by Gasteiger charge is -2.11. The lowest BCUT2D eigenvalue weighted by molar-refractivity contribution is 0.0293. The van der Waals surface area contributed by atoms with Crippen LogP contribution in [0.15, 0.2) is 35.2 Å². The van der Waals surface area contributed by atoms with E-state index in [1.165, 1.54) is 0 Å². The highest BCUT2D eigenvalue weighted by Gasteiger charge is 2.13. The van der Waals surface area contributed by atoms with Crippen LogP contribution in [0.3, 0.4) is 0 Å². The first kappa shape index (κ1) is 23.8. The van der Waals surface area contributed by atoms with E-state index < -0.39 is 5.97 Å². The molecule has 0 aliphatic rings. The molecule has 0 unspecified atom stereocenters. The number of aryl methyl sites for hydroxylation is 1. The van der Waals surface area contributed by atoms with Gasteiger partial charge in [-0.3, -0.25) is 0 Å². The zero-order valence-corrected chi connectivity index (χ0v) is 18.6. The first-order valence-corrected chi connectivity index (χ1v) is 9.95. The summed E-state index contributed by atoms with van der Waals surface area (Å²) in [4.78, 5) is 16.6. The van der Waals surface area contributed by atoms with Gasteiger partial charge in [0.25, 0.3) is 0 Å². The van der Waals surface area contributed by atoms with Crippen LogP contribution < -0.4 is 4.74 Å². The number of pyridine rings is 1. The van der Waals surface area contributed by atoms with Gasteiger partial charge in [0.1, 0.15) is 18.1 Å². The Kier molecular flexibility index (Phi) is 10.7. The largest absolute Gasteiger partial charge is 0.491 e. The number of aromatic nitrogens is 1. The van der Waals surface area contributed by atoms with Crippen LogP contribution in [0, 0.1) is 6.92 Å². The molecule has 1 aromatic carbocycles. The van der Waals surface area contributed by atoms with E-state index in [0.717, 1.165) is 11.1 Å². The molecule has 0 amide bonds. The van der Waals surface area contributed by atoms with Crippen LogP contribution in [-0.2, 0) is 17.8 Å². The minimum absolute atomic E-state index is 0.183. The Labute approximate surface area is 186 Å². The van der Waals surface area contributed by atoms with Gasteiger partial charge in [-0.15, -0.1) is 12.6 Å². The van der Waals surface area contributed by atoms with E-state index in [9.17, 15) is 4.79 Å². The number of hydrogen-bond donors (Lipinski definition) is 3. The van der Waals surface area contributed by atoms with Crippen molar-refractivity contribution < 1.29 is 27.4 Å². The minimum atomic E-state index is -0.612. The molecule has 0 bridgehead atoms. The summed E-state index contributed by atoms with van der Waals surface area (Å²) in [5.74, 6) is 0.0599. The van der Waals surface area contributed by atoms with Crippen molar-refractivity contribution in [2.75, 3.05) is 39.6 Å². The zero-order chi connectivity index (χ0) is 21.1. The van der Waals surface area contributed by atoms with Crippen molar-refractivity contribution in [1.82, 2.24) is 4.98 Å². The van der Waals surface area contributed by atoms with E-state index in [0.29, 0.717) is 56.0 Å². The molecule has 0 saturated heterocycles. The predicted octanol–water partition coefficient (Wildman–Crippen LogP) is 3.62. The van der Waals surface area contributed by atoms with E-state index in [2.05, 4.69) is 51.8 Å². The third-order valence-corrected chi connectivity index (χ3v) is 4.43. The molecule has 1 aromatic heterocycles. The van der Waals surface area contributed by atoms with Crippen LogP contribution in [-0.4, -0.2) is 50.6 Å². The number of carbonyl (C=O) groups is 1. The second kappa shape index (κ2) is 13.0. The van der Waals surface area contributed by atoms with E-state index in [-0.39, 0.29) is 5.69 Å². The van der Waals surface area contributed by atoms with Gasteiger partial charge >= 0.3 is 5.97 Å². The Morgan fingerprint density at radius 2 is 1.66 bits per heavy atom.